The Morgan fingerprint density at radius 1 is 1.28 bits per heavy atom. The summed E-state index contributed by atoms with van der Waals surface area (Å²) in [6.45, 7) is 3.04. The zero-order valence-electron chi connectivity index (χ0n) is 11.1. The first-order chi connectivity index (χ1) is 8.74. The highest BCUT2D eigenvalue weighted by atomic mass is 32.2. The van der Waals surface area contributed by atoms with E-state index in [4.69, 9.17) is 0 Å². The number of rotatable bonds is 5. The molecular weight excluding hydrogens is 242 g/mol. The Kier molecular flexibility index (Phi) is 4.44. The van der Waals surface area contributed by atoms with Crippen molar-refractivity contribution < 1.29 is 0 Å². The van der Waals surface area contributed by atoms with E-state index in [-0.39, 0.29) is 6.04 Å². The summed E-state index contributed by atoms with van der Waals surface area (Å²) in [5.41, 5.74) is 2.32. The number of hydrogen-bond donors (Lipinski definition) is 1. The van der Waals surface area contributed by atoms with Crippen molar-refractivity contribution in [2.75, 3.05) is 12.8 Å². The van der Waals surface area contributed by atoms with Crippen molar-refractivity contribution in [2.45, 2.75) is 17.9 Å². The molecule has 96 valence electrons. The van der Waals surface area contributed by atoms with Gasteiger partial charge in [-0.15, -0.1) is 11.8 Å². The fourth-order valence-electron chi connectivity index (χ4n) is 1.98. The van der Waals surface area contributed by atoms with Crippen LogP contribution in [0.15, 0.2) is 41.4 Å². The van der Waals surface area contributed by atoms with E-state index in [0.717, 1.165) is 12.2 Å². The number of aromatic nitrogens is 2. The molecule has 1 heterocycles. The second-order valence-electron chi connectivity index (χ2n) is 4.18. The van der Waals surface area contributed by atoms with Gasteiger partial charge in [-0.05, 0) is 36.6 Å². The lowest BCUT2D eigenvalue weighted by Crippen LogP contribution is -2.22. The molecule has 0 bridgehead atoms. The van der Waals surface area contributed by atoms with Crippen molar-refractivity contribution in [2.24, 2.45) is 7.05 Å². The Morgan fingerprint density at radius 2 is 2.00 bits per heavy atom. The van der Waals surface area contributed by atoms with E-state index >= 15 is 0 Å². The van der Waals surface area contributed by atoms with Crippen LogP contribution in [0.3, 0.4) is 0 Å². The van der Waals surface area contributed by atoms with Crippen molar-refractivity contribution in [3.63, 3.8) is 0 Å². The van der Waals surface area contributed by atoms with E-state index in [1.807, 2.05) is 17.9 Å². The molecule has 0 aliphatic carbocycles. The van der Waals surface area contributed by atoms with Gasteiger partial charge < -0.3 is 5.32 Å². The van der Waals surface area contributed by atoms with Crippen LogP contribution in [0.1, 0.15) is 24.2 Å². The van der Waals surface area contributed by atoms with Gasteiger partial charge in [0.25, 0.3) is 0 Å². The van der Waals surface area contributed by atoms with Gasteiger partial charge in [0.05, 0.1) is 11.7 Å². The number of hydrogen-bond acceptors (Lipinski definition) is 3. The lowest BCUT2D eigenvalue weighted by atomic mass is 10.0. The average molecular weight is 261 g/mol. The third-order valence-corrected chi connectivity index (χ3v) is 3.63. The van der Waals surface area contributed by atoms with Crippen LogP contribution in [0.4, 0.5) is 0 Å². The fraction of sp³-hybridized carbons (Fsp3) is 0.357. The predicted molar refractivity (Wildman–Crippen MR) is 77.0 cm³/mol. The van der Waals surface area contributed by atoms with Gasteiger partial charge in [0.2, 0.25) is 0 Å². The molecule has 0 aliphatic heterocycles. The third kappa shape index (κ3) is 2.94. The number of nitrogens with zero attached hydrogens (tertiary/aromatic N) is 2. The van der Waals surface area contributed by atoms with Crippen LogP contribution in [-0.2, 0) is 7.05 Å². The third-order valence-electron chi connectivity index (χ3n) is 2.89. The van der Waals surface area contributed by atoms with Gasteiger partial charge in [0.1, 0.15) is 0 Å². The molecule has 3 nitrogen and oxygen atoms in total. The molecular formula is C14H19N3S. The topological polar surface area (TPSA) is 29.9 Å². The Balaban J connectivity index is 2.28. The van der Waals surface area contributed by atoms with Crippen LogP contribution >= 0.6 is 11.8 Å². The lowest BCUT2D eigenvalue weighted by Gasteiger charge is -2.16. The second kappa shape index (κ2) is 6.07. The standard InChI is InChI=1S/C14H19N3S/c1-4-15-14(13-9-10-17(2)16-13)11-5-7-12(18-3)8-6-11/h5-10,14-15H,4H2,1-3H3. The molecule has 18 heavy (non-hydrogen) atoms. The lowest BCUT2D eigenvalue weighted by molar-refractivity contribution is 0.599. The highest BCUT2D eigenvalue weighted by Gasteiger charge is 2.15. The minimum absolute atomic E-state index is 0.173. The van der Waals surface area contributed by atoms with Gasteiger partial charge in [0.15, 0.2) is 0 Å². The van der Waals surface area contributed by atoms with Crippen LogP contribution in [-0.4, -0.2) is 22.6 Å². The average Bonchev–Trinajstić information content (AvgIpc) is 2.82. The zero-order chi connectivity index (χ0) is 13.0. The molecule has 0 saturated carbocycles. The van der Waals surface area contributed by atoms with Crippen LogP contribution in [0.25, 0.3) is 0 Å². The summed E-state index contributed by atoms with van der Waals surface area (Å²) in [5.74, 6) is 0. The summed E-state index contributed by atoms with van der Waals surface area (Å²) in [6, 6.07) is 10.9. The Morgan fingerprint density at radius 3 is 2.50 bits per heavy atom. The van der Waals surface area contributed by atoms with E-state index in [2.05, 4.69) is 53.9 Å². The molecule has 1 aromatic carbocycles. The van der Waals surface area contributed by atoms with Crippen molar-refractivity contribution in [3.8, 4) is 0 Å². The van der Waals surface area contributed by atoms with Crippen molar-refractivity contribution in [1.82, 2.24) is 15.1 Å². The second-order valence-corrected chi connectivity index (χ2v) is 5.06. The summed E-state index contributed by atoms with van der Waals surface area (Å²) < 4.78 is 1.84. The van der Waals surface area contributed by atoms with Crippen LogP contribution in [0, 0.1) is 0 Å². The largest absolute Gasteiger partial charge is 0.305 e. The number of thioether (sulfide) groups is 1. The van der Waals surface area contributed by atoms with E-state index in [1.54, 1.807) is 11.8 Å². The summed E-state index contributed by atoms with van der Waals surface area (Å²) in [7, 11) is 1.95. The maximum atomic E-state index is 4.50. The minimum Gasteiger partial charge on any atom is -0.305 e. The molecule has 1 N–H and O–H groups in total. The summed E-state index contributed by atoms with van der Waals surface area (Å²) >= 11 is 1.76. The molecule has 0 radical (unpaired) electrons. The van der Waals surface area contributed by atoms with Gasteiger partial charge in [0, 0.05) is 18.1 Å². The summed E-state index contributed by atoms with van der Waals surface area (Å²) in [5, 5.41) is 7.98. The fourth-order valence-corrected chi connectivity index (χ4v) is 2.39. The molecule has 2 aromatic rings. The molecule has 2 rings (SSSR count). The SMILES string of the molecule is CCNC(c1ccc(SC)cc1)c1ccn(C)n1. The minimum atomic E-state index is 0.173. The van der Waals surface area contributed by atoms with E-state index < -0.39 is 0 Å². The first kappa shape index (κ1) is 13.2. The monoisotopic (exact) mass is 261 g/mol. The molecule has 0 amide bonds. The molecule has 0 aliphatic rings. The van der Waals surface area contributed by atoms with Gasteiger partial charge in [-0.25, -0.2) is 0 Å². The van der Waals surface area contributed by atoms with E-state index in [0.29, 0.717) is 0 Å². The Hall–Kier alpha value is -1.26. The van der Waals surface area contributed by atoms with Crippen LogP contribution in [0.2, 0.25) is 0 Å². The highest BCUT2D eigenvalue weighted by Crippen LogP contribution is 2.23. The Bertz CT molecular complexity index is 490. The van der Waals surface area contributed by atoms with Crippen molar-refractivity contribution in [3.05, 3.63) is 47.8 Å². The van der Waals surface area contributed by atoms with Crippen molar-refractivity contribution >= 4 is 11.8 Å². The smallest absolute Gasteiger partial charge is 0.0839 e. The zero-order valence-corrected chi connectivity index (χ0v) is 11.9. The highest BCUT2D eigenvalue weighted by molar-refractivity contribution is 7.98. The van der Waals surface area contributed by atoms with Crippen LogP contribution in [0.5, 0.6) is 0 Å². The summed E-state index contributed by atoms with van der Waals surface area (Å²) in [4.78, 5) is 1.29. The number of benzene rings is 1. The maximum Gasteiger partial charge on any atom is 0.0839 e. The predicted octanol–water partition coefficient (Wildman–Crippen LogP) is 2.84. The van der Waals surface area contributed by atoms with Crippen LogP contribution < -0.4 is 5.32 Å². The van der Waals surface area contributed by atoms with E-state index in [1.165, 1.54) is 10.5 Å². The number of nitrogens with one attached hydrogen (secondary N) is 1. The normalized spacial score (nSPS) is 12.6. The quantitative estimate of drug-likeness (QED) is 0.839. The van der Waals surface area contributed by atoms with Gasteiger partial charge in [-0.3, -0.25) is 4.68 Å². The molecule has 0 saturated heterocycles. The van der Waals surface area contributed by atoms with Gasteiger partial charge in [-0.1, -0.05) is 19.1 Å². The molecule has 0 fully saturated rings. The van der Waals surface area contributed by atoms with Gasteiger partial charge >= 0.3 is 0 Å². The number of aryl methyl sites for hydroxylation is 1. The summed E-state index contributed by atoms with van der Waals surface area (Å²) in [6.07, 6.45) is 4.07. The molecule has 4 heteroatoms. The molecule has 1 unspecified atom stereocenters. The molecule has 1 atom stereocenters. The molecule has 0 spiro atoms. The van der Waals surface area contributed by atoms with Gasteiger partial charge in [-0.2, -0.15) is 5.10 Å². The first-order valence-corrected chi connectivity index (χ1v) is 7.34. The van der Waals surface area contributed by atoms with Crippen molar-refractivity contribution in [1.29, 1.82) is 0 Å². The maximum absolute atomic E-state index is 4.50. The van der Waals surface area contributed by atoms with E-state index in [9.17, 15) is 0 Å². The first-order valence-electron chi connectivity index (χ1n) is 6.11. The Labute approximate surface area is 113 Å². The molecule has 1 aromatic heterocycles.